The number of H-pyrrole nitrogens is 1. The van der Waals surface area contributed by atoms with Gasteiger partial charge in [-0.2, -0.15) is 0 Å². The maximum absolute atomic E-state index is 13.1. The molecule has 3 heterocycles. The van der Waals surface area contributed by atoms with Gasteiger partial charge in [-0.15, -0.1) is 0 Å². The van der Waals surface area contributed by atoms with E-state index in [2.05, 4.69) is 18.8 Å². The maximum atomic E-state index is 13.1. The first-order valence-electron chi connectivity index (χ1n) is 12.7. The molecule has 0 fully saturated rings. The summed E-state index contributed by atoms with van der Waals surface area (Å²) in [6.07, 6.45) is 2.30. The molecular weight excluding hydrogens is 458 g/mol. The van der Waals surface area contributed by atoms with E-state index in [1.807, 2.05) is 48.7 Å². The van der Waals surface area contributed by atoms with E-state index in [0.717, 1.165) is 29.6 Å². The lowest BCUT2D eigenvalue weighted by Gasteiger charge is -2.23. The molecule has 0 aliphatic carbocycles. The number of carbonyl (C=O) groups is 1. The topological polar surface area (TPSA) is 106 Å². The van der Waals surface area contributed by atoms with Crippen LogP contribution in [0.5, 0.6) is 0 Å². The standard InChI is InChI=1S/C27H35N5O4/c1-6-7-14-31-25-24(26(34)29-27(31)35)32(16-17(2)3)22(28-25)12-13-23(33)30(5)18(4)21-15-19-10-8-9-11-20(19)36-21/h8-11,15,17-18H,6-7,12-14,16H2,1-5H3,(H,29,34,35). The highest BCUT2D eigenvalue weighted by molar-refractivity contribution is 5.79. The second-order valence-corrected chi connectivity index (χ2v) is 9.84. The van der Waals surface area contributed by atoms with Crippen LogP contribution in [-0.2, 0) is 24.3 Å². The zero-order valence-electron chi connectivity index (χ0n) is 21.7. The number of aromatic amines is 1. The minimum atomic E-state index is -0.447. The molecule has 0 saturated heterocycles. The number of nitrogens with zero attached hydrogens (tertiary/aromatic N) is 4. The van der Waals surface area contributed by atoms with Crippen LogP contribution in [0, 0.1) is 5.92 Å². The monoisotopic (exact) mass is 493 g/mol. The van der Waals surface area contributed by atoms with Gasteiger partial charge in [0.15, 0.2) is 11.2 Å². The minimum absolute atomic E-state index is 0.0524. The number of hydrogen-bond acceptors (Lipinski definition) is 5. The number of imidazole rings is 1. The van der Waals surface area contributed by atoms with E-state index in [-0.39, 0.29) is 24.3 Å². The lowest BCUT2D eigenvalue weighted by atomic mass is 10.1. The van der Waals surface area contributed by atoms with E-state index in [0.29, 0.717) is 36.5 Å². The first-order valence-corrected chi connectivity index (χ1v) is 12.7. The van der Waals surface area contributed by atoms with Gasteiger partial charge in [-0.25, -0.2) is 9.78 Å². The van der Waals surface area contributed by atoms with Crippen molar-refractivity contribution in [2.24, 2.45) is 5.92 Å². The van der Waals surface area contributed by atoms with Crippen LogP contribution in [0.2, 0.25) is 0 Å². The molecule has 9 nitrogen and oxygen atoms in total. The van der Waals surface area contributed by atoms with Crippen molar-refractivity contribution in [1.82, 2.24) is 24.0 Å². The molecule has 1 unspecified atom stereocenters. The number of aryl methyl sites for hydroxylation is 2. The highest BCUT2D eigenvalue weighted by Crippen LogP contribution is 2.27. The third-order valence-corrected chi connectivity index (χ3v) is 6.64. The maximum Gasteiger partial charge on any atom is 0.330 e. The van der Waals surface area contributed by atoms with Crippen LogP contribution in [0.1, 0.15) is 64.6 Å². The number of carbonyl (C=O) groups excluding carboxylic acids is 1. The number of furan rings is 1. The second kappa shape index (κ2) is 10.6. The Labute approximate surface area is 209 Å². The van der Waals surface area contributed by atoms with E-state index in [1.165, 1.54) is 4.57 Å². The summed E-state index contributed by atoms with van der Waals surface area (Å²) in [4.78, 5) is 47.3. The number of aromatic nitrogens is 4. The minimum Gasteiger partial charge on any atom is -0.459 e. The van der Waals surface area contributed by atoms with Gasteiger partial charge in [0.25, 0.3) is 5.56 Å². The highest BCUT2D eigenvalue weighted by Gasteiger charge is 2.23. The summed E-state index contributed by atoms with van der Waals surface area (Å²) in [5.74, 6) is 1.57. The van der Waals surface area contributed by atoms with E-state index in [4.69, 9.17) is 9.40 Å². The Balaban J connectivity index is 1.60. The molecule has 4 aromatic rings. The van der Waals surface area contributed by atoms with Crippen molar-refractivity contribution in [3.05, 3.63) is 62.8 Å². The number of para-hydroxylation sites is 1. The molecular formula is C27H35N5O4. The molecule has 1 N–H and O–H groups in total. The van der Waals surface area contributed by atoms with Crippen molar-refractivity contribution >= 4 is 28.0 Å². The van der Waals surface area contributed by atoms with Crippen molar-refractivity contribution in [1.29, 1.82) is 0 Å². The Morgan fingerprint density at radius 1 is 1.17 bits per heavy atom. The molecule has 192 valence electrons. The number of rotatable bonds is 10. The Kier molecular flexibility index (Phi) is 7.47. The second-order valence-electron chi connectivity index (χ2n) is 9.84. The third kappa shape index (κ3) is 5.01. The zero-order chi connectivity index (χ0) is 26.0. The Hall–Kier alpha value is -3.62. The number of nitrogens with one attached hydrogen (secondary N) is 1. The van der Waals surface area contributed by atoms with E-state index in [1.54, 1.807) is 11.9 Å². The summed E-state index contributed by atoms with van der Waals surface area (Å²) < 4.78 is 9.37. The summed E-state index contributed by atoms with van der Waals surface area (Å²) in [6, 6.07) is 9.50. The molecule has 4 rings (SSSR count). The van der Waals surface area contributed by atoms with Crippen molar-refractivity contribution in [3.63, 3.8) is 0 Å². The fourth-order valence-corrected chi connectivity index (χ4v) is 4.50. The summed E-state index contributed by atoms with van der Waals surface area (Å²) in [6.45, 7) is 9.16. The predicted octanol–water partition coefficient (Wildman–Crippen LogP) is 4.24. The Morgan fingerprint density at radius 2 is 1.92 bits per heavy atom. The van der Waals surface area contributed by atoms with E-state index >= 15 is 0 Å². The quantitative estimate of drug-likeness (QED) is 0.356. The van der Waals surface area contributed by atoms with Gasteiger partial charge in [0.2, 0.25) is 5.91 Å². The molecule has 0 bridgehead atoms. The van der Waals surface area contributed by atoms with Gasteiger partial charge in [0.05, 0.1) is 6.04 Å². The Bertz CT molecular complexity index is 1460. The van der Waals surface area contributed by atoms with Crippen molar-refractivity contribution < 1.29 is 9.21 Å². The van der Waals surface area contributed by atoms with Crippen LogP contribution in [0.15, 0.2) is 44.3 Å². The lowest BCUT2D eigenvalue weighted by Crippen LogP contribution is -2.31. The van der Waals surface area contributed by atoms with Gasteiger partial charge in [-0.3, -0.25) is 19.1 Å². The molecule has 0 aliphatic heterocycles. The van der Waals surface area contributed by atoms with Crippen LogP contribution in [0.4, 0.5) is 0 Å². The first-order chi connectivity index (χ1) is 17.2. The van der Waals surface area contributed by atoms with Gasteiger partial charge in [-0.1, -0.05) is 45.4 Å². The van der Waals surface area contributed by atoms with Gasteiger partial charge in [0, 0.05) is 38.4 Å². The van der Waals surface area contributed by atoms with E-state index < -0.39 is 11.2 Å². The van der Waals surface area contributed by atoms with Gasteiger partial charge >= 0.3 is 5.69 Å². The molecule has 0 saturated carbocycles. The number of fused-ring (bicyclic) bond motifs is 2. The molecule has 3 aromatic heterocycles. The van der Waals surface area contributed by atoms with Crippen molar-refractivity contribution in [2.75, 3.05) is 7.05 Å². The largest absolute Gasteiger partial charge is 0.459 e. The molecule has 1 amide bonds. The zero-order valence-corrected chi connectivity index (χ0v) is 21.7. The van der Waals surface area contributed by atoms with Crippen LogP contribution in [0.3, 0.4) is 0 Å². The summed E-state index contributed by atoms with van der Waals surface area (Å²) in [7, 11) is 1.77. The molecule has 0 radical (unpaired) electrons. The molecule has 36 heavy (non-hydrogen) atoms. The summed E-state index contributed by atoms with van der Waals surface area (Å²) in [5.41, 5.74) is 0.693. The molecule has 0 spiro atoms. The predicted molar refractivity (Wildman–Crippen MR) is 140 cm³/mol. The number of unbranched alkanes of at least 4 members (excludes halogenated alkanes) is 1. The van der Waals surface area contributed by atoms with Gasteiger partial charge in [-0.05, 0) is 31.4 Å². The number of hydrogen-bond donors (Lipinski definition) is 1. The van der Waals surface area contributed by atoms with Gasteiger partial charge < -0.3 is 13.9 Å². The van der Waals surface area contributed by atoms with Crippen LogP contribution in [-0.4, -0.2) is 37.0 Å². The number of benzene rings is 1. The Morgan fingerprint density at radius 3 is 2.61 bits per heavy atom. The normalized spacial score (nSPS) is 12.6. The van der Waals surface area contributed by atoms with Crippen molar-refractivity contribution in [3.8, 4) is 0 Å². The van der Waals surface area contributed by atoms with Crippen LogP contribution >= 0.6 is 0 Å². The lowest BCUT2D eigenvalue weighted by molar-refractivity contribution is -0.132. The van der Waals surface area contributed by atoms with E-state index in [9.17, 15) is 14.4 Å². The summed E-state index contributed by atoms with van der Waals surface area (Å²) in [5, 5.41) is 1.00. The average Bonchev–Trinajstić information content (AvgIpc) is 3.43. The molecule has 1 aromatic carbocycles. The molecule has 9 heteroatoms. The van der Waals surface area contributed by atoms with Crippen LogP contribution < -0.4 is 11.2 Å². The van der Waals surface area contributed by atoms with Crippen molar-refractivity contribution in [2.45, 2.75) is 72.5 Å². The third-order valence-electron chi connectivity index (χ3n) is 6.64. The van der Waals surface area contributed by atoms with Gasteiger partial charge in [0.1, 0.15) is 17.2 Å². The highest BCUT2D eigenvalue weighted by atomic mass is 16.3. The summed E-state index contributed by atoms with van der Waals surface area (Å²) >= 11 is 0. The first kappa shape index (κ1) is 25.5. The average molecular weight is 494 g/mol. The fourth-order valence-electron chi connectivity index (χ4n) is 4.50. The van der Waals surface area contributed by atoms with Crippen LogP contribution in [0.25, 0.3) is 22.1 Å². The SMILES string of the molecule is CCCCn1c(=O)[nH]c(=O)c2c1nc(CCC(=O)N(C)C(C)c1cc3ccccc3o1)n2CC(C)C. The number of amides is 1. The molecule has 1 atom stereocenters. The fraction of sp³-hybridized carbons (Fsp3) is 0.481. The molecule has 0 aliphatic rings. The smallest absolute Gasteiger partial charge is 0.330 e.